The van der Waals surface area contributed by atoms with Crippen LogP contribution in [0.2, 0.25) is 0 Å². The van der Waals surface area contributed by atoms with Gasteiger partial charge in [-0.25, -0.2) is 4.39 Å². The van der Waals surface area contributed by atoms with Crippen molar-refractivity contribution in [3.05, 3.63) is 58.1 Å². The van der Waals surface area contributed by atoms with Crippen LogP contribution >= 0.6 is 15.9 Å². The molecule has 18 heavy (non-hydrogen) atoms. The van der Waals surface area contributed by atoms with E-state index in [0.29, 0.717) is 13.1 Å². The number of pyridine rings is 1. The zero-order chi connectivity index (χ0) is 13.0. The lowest BCUT2D eigenvalue weighted by molar-refractivity contribution is 0.471. The molecule has 1 aromatic heterocycles. The van der Waals surface area contributed by atoms with Gasteiger partial charge in [-0.3, -0.25) is 4.98 Å². The van der Waals surface area contributed by atoms with Crippen molar-refractivity contribution in [1.82, 2.24) is 10.3 Å². The lowest BCUT2D eigenvalue weighted by Gasteiger charge is -2.07. The highest BCUT2D eigenvalue weighted by Gasteiger charge is 2.02. The van der Waals surface area contributed by atoms with E-state index in [9.17, 15) is 4.39 Å². The Balaban J connectivity index is 1.92. The second kappa shape index (κ2) is 5.93. The van der Waals surface area contributed by atoms with Gasteiger partial charge in [0.15, 0.2) is 0 Å². The van der Waals surface area contributed by atoms with Crippen LogP contribution < -0.4 is 5.32 Å². The molecule has 0 amide bonds. The molecule has 3 nitrogen and oxygen atoms in total. The second-order valence-electron chi connectivity index (χ2n) is 3.85. The van der Waals surface area contributed by atoms with Crippen LogP contribution in [0, 0.1) is 5.82 Å². The average Bonchev–Trinajstić information content (AvgIpc) is 2.36. The number of aromatic hydroxyl groups is 1. The van der Waals surface area contributed by atoms with Gasteiger partial charge in [0.05, 0.1) is 11.9 Å². The van der Waals surface area contributed by atoms with Crippen molar-refractivity contribution in [2.45, 2.75) is 13.1 Å². The predicted molar refractivity (Wildman–Crippen MR) is 70.5 cm³/mol. The normalized spacial score (nSPS) is 10.6. The van der Waals surface area contributed by atoms with Gasteiger partial charge in [-0.1, -0.05) is 15.9 Å². The van der Waals surface area contributed by atoms with Gasteiger partial charge < -0.3 is 10.4 Å². The Morgan fingerprint density at radius 1 is 1.22 bits per heavy atom. The Morgan fingerprint density at radius 3 is 2.78 bits per heavy atom. The molecule has 0 fully saturated rings. The lowest BCUT2D eigenvalue weighted by Crippen LogP contribution is -2.14. The molecule has 0 atom stereocenters. The van der Waals surface area contributed by atoms with E-state index in [1.54, 1.807) is 18.2 Å². The number of rotatable bonds is 4. The fourth-order valence-corrected chi connectivity index (χ4v) is 1.91. The lowest BCUT2D eigenvalue weighted by atomic mass is 10.2. The smallest absolute Gasteiger partial charge is 0.133 e. The molecule has 0 bridgehead atoms. The molecule has 0 radical (unpaired) electrons. The van der Waals surface area contributed by atoms with Crippen LogP contribution in [0.5, 0.6) is 5.75 Å². The van der Waals surface area contributed by atoms with Crippen molar-refractivity contribution >= 4 is 15.9 Å². The largest absolute Gasteiger partial charge is 0.506 e. The number of benzene rings is 1. The molecule has 2 N–H and O–H groups in total. The quantitative estimate of drug-likeness (QED) is 0.912. The topological polar surface area (TPSA) is 45.1 Å². The molecule has 2 rings (SSSR count). The molecule has 0 aliphatic rings. The van der Waals surface area contributed by atoms with Gasteiger partial charge >= 0.3 is 0 Å². The first-order valence-electron chi connectivity index (χ1n) is 5.43. The number of nitrogens with one attached hydrogen (secondary N) is 1. The zero-order valence-corrected chi connectivity index (χ0v) is 11.1. The van der Waals surface area contributed by atoms with E-state index in [2.05, 4.69) is 26.2 Å². The van der Waals surface area contributed by atoms with Crippen LogP contribution in [0.3, 0.4) is 0 Å². The summed E-state index contributed by atoms with van der Waals surface area (Å²) in [6.07, 6.45) is 1.40. The van der Waals surface area contributed by atoms with Gasteiger partial charge in [-0.2, -0.15) is 0 Å². The van der Waals surface area contributed by atoms with Crippen molar-refractivity contribution in [1.29, 1.82) is 0 Å². The first-order valence-corrected chi connectivity index (χ1v) is 6.23. The number of hydrogen-bond donors (Lipinski definition) is 2. The van der Waals surface area contributed by atoms with Crippen molar-refractivity contribution in [3.63, 3.8) is 0 Å². The van der Waals surface area contributed by atoms with E-state index in [0.717, 1.165) is 15.7 Å². The Morgan fingerprint density at radius 2 is 2.06 bits per heavy atom. The third-order valence-electron chi connectivity index (χ3n) is 2.44. The molecule has 0 saturated heterocycles. The summed E-state index contributed by atoms with van der Waals surface area (Å²) in [5.74, 6) is -0.107. The molecule has 1 aromatic carbocycles. The standard InChI is InChI=1S/C13H12BrFN2O/c14-13-4-1-10(15)5-9(13)6-16-7-11-2-3-12(18)8-17-11/h1-5,8,16,18H,6-7H2. The summed E-state index contributed by atoms with van der Waals surface area (Å²) >= 11 is 3.37. The highest BCUT2D eigenvalue weighted by Crippen LogP contribution is 2.17. The van der Waals surface area contributed by atoms with Crippen LogP contribution in [0.4, 0.5) is 4.39 Å². The molecule has 94 valence electrons. The molecular weight excluding hydrogens is 299 g/mol. The van der Waals surface area contributed by atoms with Crippen LogP contribution in [0.15, 0.2) is 41.0 Å². The first-order chi connectivity index (χ1) is 8.65. The minimum absolute atomic E-state index is 0.145. The summed E-state index contributed by atoms with van der Waals surface area (Å²) in [5, 5.41) is 12.3. The third-order valence-corrected chi connectivity index (χ3v) is 3.21. The second-order valence-corrected chi connectivity index (χ2v) is 4.70. The van der Waals surface area contributed by atoms with Crippen molar-refractivity contribution in [2.75, 3.05) is 0 Å². The molecule has 0 saturated carbocycles. The molecule has 5 heteroatoms. The maximum atomic E-state index is 13.1. The summed E-state index contributed by atoms with van der Waals surface area (Å²) in [7, 11) is 0. The fraction of sp³-hybridized carbons (Fsp3) is 0.154. The van der Waals surface area contributed by atoms with E-state index < -0.39 is 0 Å². The van der Waals surface area contributed by atoms with Gasteiger partial charge in [-0.15, -0.1) is 0 Å². The van der Waals surface area contributed by atoms with E-state index in [1.165, 1.54) is 18.3 Å². The molecule has 2 aromatic rings. The van der Waals surface area contributed by atoms with E-state index in [1.807, 2.05) is 0 Å². The highest BCUT2D eigenvalue weighted by atomic mass is 79.9. The maximum Gasteiger partial charge on any atom is 0.133 e. The van der Waals surface area contributed by atoms with Gasteiger partial charge in [0.2, 0.25) is 0 Å². The summed E-state index contributed by atoms with van der Waals surface area (Å²) in [4.78, 5) is 4.05. The van der Waals surface area contributed by atoms with Crippen LogP contribution in [-0.4, -0.2) is 10.1 Å². The minimum atomic E-state index is -0.252. The minimum Gasteiger partial charge on any atom is -0.506 e. The molecule has 0 spiro atoms. The Bertz CT molecular complexity index is 531. The Labute approximate surface area is 113 Å². The molecule has 0 aliphatic carbocycles. The van der Waals surface area contributed by atoms with E-state index in [-0.39, 0.29) is 11.6 Å². The van der Waals surface area contributed by atoms with Crippen molar-refractivity contribution < 1.29 is 9.50 Å². The van der Waals surface area contributed by atoms with Crippen LogP contribution in [0.25, 0.3) is 0 Å². The highest BCUT2D eigenvalue weighted by molar-refractivity contribution is 9.10. The van der Waals surface area contributed by atoms with Gasteiger partial charge in [-0.05, 0) is 35.9 Å². The molecule has 0 unspecified atom stereocenters. The molecule has 0 aliphatic heterocycles. The van der Waals surface area contributed by atoms with Gasteiger partial charge in [0.1, 0.15) is 11.6 Å². The average molecular weight is 311 g/mol. The number of halogens is 2. The fourth-order valence-electron chi connectivity index (χ4n) is 1.53. The molecular formula is C13H12BrFN2O. The van der Waals surface area contributed by atoms with E-state index in [4.69, 9.17) is 5.11 Å². The monoisotopic (exact) mass is 310 g/mol. The van der Waals surface area contributed by atoms with Crippen LogP contribution in [-0.2, 0) is 13.1 Å². The number of hydrogen-bond acceptors (Lipinski definition) is 3. The summed E-state index contributed by atoms with van der Waals surface area (Å²) in [6.45, 7) is 1.10. The number of nitrogens with zero attached hydrogens (tertiary/aromatic N) is 1. The zero-order valence-electron chi connectivity index (χ0n) is 9.53. The Hall–Kier alpha value is -1.46. The van der Waals surface area contributed by atoms with Gasteiger partial charge in [0, 0.05) is 17.6 Å². The van der Waals surface area contributed by atoms with Gasteiger partial charge in [0.25, 0.3) is 0 Å². The van der Waals surface area contributed by atoms with Crippen molar-refractivity contribution in [3.8, 4) is 5.75 Å². The Kier molecular flexibility index (Phi) is 4.28. The van der Waals surface area contributed by atoms with Crippen molar-refractivity contribution in [2.24, 2.45) is 0 Å². The summed E-state index contributed by atoms with van der Waals surface area (Å²) < 4.78 is 13.9. The maximum absolute atomic E-state index is 13.1. The SMILES string of the molecule is Oc1ccc(CNCc2cc(F)ccc2Br)nc1. The van der Waals surface area contributed by atoms with E-state index >= 15 is 0 Å². The summed E-state index contributed by atoms with van der Waals surface area (Å²) in [5.41, 5.74) is 1.68. The summed E-state index contributed by atoms with van der Waals surface area (Å²) in [6, 6.07) is 7.91. The predicted octanol–water partition coefficient (Wildman–Crippen LogP) is 2.98. The third kappa shape index (κ3) is 3.51. The number of aromatic nitrogens is 1. The van der Waals surface area contributed by atoms with Crippen LogP contribution in [0.1, 0.15) is 11.3 Å². The first kappa shape index (κ1) is 13.0. The molecule has 1 heterocycles.